The number of hydrogen-bond donors (Lipinski definition) is 1. The number of carbonyl (C=O) groups excluding carboxylic acids is 2. The second kappa shape index (κ2) is 12.9. The lowest BCUT2D eigenvalue weighted by molar-refractivity contribution is -0.151. The first kappa shape index (κ1) is 21.6. The molecule has 0 bridgehead atoms. The number of benzene rings is 1. The number of hydrogen-bond acceptors (Lipinski definition) is 5. The van der Waals surface area contributed by atoms with Crippen molar-refractivity contribution in [3.63, 3.8) is 0 Å². The first-order chi connectivity index (χ1) is 12.0. The smallest absolute Gasteiger partial charge is 0.328 e. The van der Waals surface area contributed by atoms with Gasteiger partial charge in [0.15, 0.2) is 0 Å². The average molecular weight is 382 g/mol. The van der Waals surface area contributed by atoms with E-state index in [4.69, 9.17) is 4.74 Å². The third kappa shape index (κ3) is 10.2. The predicted octanol–water partition coefficient (Wildman–Crippen LogP) is 3.97. The lowest BCUT2D eigenvalue weighted by Gasteiger charge is -2.18. The highest BCUT2D eigenvalue weighted by molar-refractivity contribution is 8.02. The lowest BCUT2D eigenvalue weighted by atomic mass is 10.2. The van der Waals surface area contributed by atoms with Crippen LogP contribution in [0.4, 0.5) is 0 Å². The van der Waals surface area contributed by atoms with Gasteiger partial charge in [-0.05, 0) is 49.3 Å². The summed E-state index contributed by atoms with van der Waals surface area (Å²) in [7, 11) is 0. The van der Waals surface area contributed by atoms with Crippen molar-refractivity contribution in [2.24, 2.45) is 0 Å². The van der Waals surface area contributed by atoms with E-state index in [9.17, 15) is 9.59 Å². The van der Waals surface area contributed by atoms with Crippen LogP contribution < -0.4 is 5.32 Å². The van der Waals surface area contributed by atoms with Crippen LogP contribution in [0.1, 0.15) is 32.3 Å². The summed E-state index contributed by atoms with van der Waals surface area (Å²) in [5.74, 6) is 0.998. The zero-order chi connectivity index (χ0) is 18.5. The topological polar surface area (TPSA) is 55.4 Å². The molecule has 0 saturated carbocycles. The van der Waals surface area contributed by atoms with Crippen LogP contribution in [0.25, 0.3) is 6.08 Å². The first-order valence-electron chi connectivity index (χ1n) is 8.35. The van der Waals surface area contributed by atoms with E-state index >= 15 is 0 Å². The summed E-state index contributed by atoms with van der Waals surface area (Å²) in [6.45, 7) is 3.61. The van der Waals surface area contributed by atoms with E-state index in [0.29, 0.717) is 18.6 Å². The Balaban J connectivity index is 2.35. The van der Waals surface area contributed by atoms with Crippen LogP contribution in [0.15, 0.2) is 35.7 Å². The highest BCUT2D eigenvalue weighted by atomic mass is 32.2. The molecule has 0 heterocycles. The van der Waals surface area contributed by atoms with Gasteiger partial charge in [0.25, 0.3) is 0 Å². The first-order valence-corrected chi connectivity index (χ1v) is 10.8. The van der Waals surface area contributed by atoms with Crippen molar-refractivity contribution in [2.75, 3.05) is 17.8 Å². The van der Waals surface area contributed by atoms with Gasteiger partial charge in [-0.25, -0.2) is 4.79 Å². The fourth-order valence-electron chi connectivity index (χ4n) is 1.98. The molecule has 1 amide bonds. The van der Waals surface area contributed by atoms with Crippen LogP contribution in [0.3, 0.4) is 0 Å². The maximum atomic E-state index is 12.1. The van der Waals surface area contributed by atoms with E-state index < -0.39 is 6.04 Å². The molecule has 0 fully saturated rings. The quantitative estimate of drug-likeness (QED) is 0.464. The molecule has 0 radical (unpaired) electrons. The Bertz CT molecular complexity index is 547. The van der Waals surface area contributed by atoms with E-state index in [0.717, 1.165) is 11.3 Å². The molecule has 25 heavy (non-hydrogen) atoms. The molecule has 0 spiro atoms. The lowest BCUT2D eigenvalue weighted by Crippen LogP contribution is -2.43. The van der Waals surface area contributed by atoms with Crippen molar-refractivity contribution in [2.45, 2.75) is 38.8 Å². The van der Waals surface area contributed by atoms with E-state index in [2.05, 4.69) is 5.32 Å². The van der Waals surface area contributed by atoms with Crippen LogP contribution >= 0.6 is 23.5 Å². The summed E-state index contributed by atoms with van der Waals surface area (Å²) in [5, 5.41) is 4.79. The van der Waals surface area contributed by atoms with Crippen LogP contribution in [0, 0.1) is 0 Å². The van der Waals surface area contributed by atoms with Crippen LogP contribution in [0.2, 0.25) is 0 Å². The standard InChI is InChI=1S/C19H27NO3S2/c1-15(2)23-19(22)17(10-12-24-3)20-18(21)11-14-25-13-9-16-7-5-4-6-8-16/h4-9,13,15,17H,10-12,14H2,1-3H3,(H,20,21). The van der Waals surface area contributed by atoms with Gasteiger partial charge in [0.05, 0.1) is 6.10 Å². The van der Waals surface area contributed by atoms with Gasteiger partial charge in [-0.3, -0.25) is 4.79 Å². The molecule has 0 aliphatic heterocycles. The van der Waals surface area contributed by atoms with E-state index in [1.54, 1.807) is 37.4 Å². The van der Waals surface area contributed by atoms with Crippen molar-refractivity contribution >= 4 is 41.5 Å². The van der Waals surface area contributed by atoms with Gasteiger partial charge in [0.1, 0.15) is 6.04 Å². The highest BCUT2D eigenvalue weighted by Gasteiger charge is 2.22. The number of rotatable bonds is 11. The van der Waals surface area contributed by atoms with Gasteiger partial charge < -0.3 is 10.1 Å². The fraction of sp³-hybridized carbons (Fsp3) is 0.474. The summed E-state index contributed by atoms with van der Waals surface area (Å²) < 4.78 is 5.22. The van der Waals surface area contributed by atoms with Gasteiger partial charge in [-0.15, -0.1) is 11.8 Å². The maximum Gasteiger partial charge on any atom is 0.328 e. The van der Waals surface area contributed by atoms with Gasteiger partial charge in [0, 0.05) is 12.2 Å². The second-order valence-corrected chi connectivity index (χ2v) is 7.72. The molecule has 1 N–H and O–H groups in total. The minimum atomic E-state index is -0.563. The Morgan fingerprint density at radius 1 is 1.20 bits per heavy atom. The molecule has 1 aromatic carbocycles. The Labute approximate surface area is 159 Å². The summed E-state index contributed by atoms with van der Waals surface area (Å²) in [6.07, 6.45) is 4.76. The van der Waals surface area contributed by atoms with Crippen molar-refractivity contribution in [3.8, 4) is 0 Å². The molecule has 1 rings (SSSR count). The molecule has 0 aromatic heterocycles. The molecular weight excluding hydrogens is 354 g/mol. The zero-order valence-electron chi connectivity index (χ0n) is 15.1. The molecular formula is C19H27NO3S2. The van der Waals surface area contributed by atoms with Gasteiger partial charge >= 0.3 is 5.97 Å². The Morgan fingerprint density at radius 2 is 1.92 bits per heavy atom. The SMILES string of the molecule is CSCCC(NC(=O)CCSC=Cc1ccccc1)C(=O)OC(C)C. The van der Waals surface area contributed by atoms with Crippen molar-refractivity contribution in [3.05, 3.63) is 41.3 Å². The van der Waals surface area contributed by atoms with Crippen LogP contribution in [-0.4, -0.2) is 41.8 Å². The van der Waals surface area contributed by atoms with Crippen molar-refractivity contribution in [1.29, 1.82) is 0 Å². The van der Waals surface area contributed by atoms with Gasteiger partial charge in [-0.2, -0.15) is 11.8 Å². The predicted molar refractivity (Wildman–Crippen MR) is 109 cm³/mol. The van der Waals surface area contributed by atoms with Crippen molar-refractivity contribution < 1.29 is 14.3 Å². The van der Waals surface area contributed by atoms with E-state index in [1.165, 1.54) is 0 Å². The molecule has 1 unspecified atom stereocenters. The Morgan fingerprint density at radius 3 is 2.56 bits per heavy atom. The van der Waals surface area contributed by atoms with Gasteiger partial charge in [-0.1, -0.05) is 30.3 Å². The molecule has 138 valence electrons. The fourth-order valence-corrected chi connectivity index (χ4v) is 3.14. The van der Waals surface area contributed by atoms with Crippen LogP contribution in [-0.2, 0) is 14.3 Å². The molecule has 0 aliphatic carbocycles. The number of nitrogens with one attached hydrogen (secondary N) is 1. The minimum Gasteiger partial charge on any atom is -0.461 e. The normalized spacial score (nSPS) is 12.3. The summed E-state index contributed by atoms with van der Waals surface area (Å²) >= 11 is 3.22. The molecule has 1 atom stereocenters. The Hall–Kier alpha value is -1.40. The van der Waals surface area contributed by atoms with E-state index in [1.807, 2.05) is 48.1 Å². The Kier molecular flexibility index (Phi) is 11.2. The summed E-state index contributed by atoms with van der Waals surface area (Å²) in [4.78, 5) is 24.1. The van der Waals surface area contributed by atoms with Gasteiger partial charge in [0.2, 0.25) is 5.91 Å². The molecule has 0 aliphatic rings. The third-order valence-corrected chi connectivity index (χ3v) is 4.60. The largest absolute Gasteiger partial charge is 0.461 e. The molecule has 4 nitrogen and oxygen atoms in total. The number of amides is 1. The molecule has 6 heteroatoms. The minimum absolute atomic E-state index is 0.118. The van der Waals surface area contributed by atoms with Crippen molar-refractivity contribution in [1.82, 2.24) is 5.32 Å². The maximum absolute atomic E-state index is 12.1. The average Bonchev–Trinajstić information content (AvgIpc) is 2.58. The molecule has 0 saturated heterocycles. The highest BCUT2D eigenvalue weighted by Crippen LogP contribution is 2.10. The third-order valence-electron chi connectivity index (χ3n) is 3.19. The molecule has 1 aromatic rings. The van der Waals surface area contributed by atoms with E-state index in [-0.39, 0.29) is 18.0 Å². The second-order valence-electron chi connectivity index (χ2n) is 5.72. The number of esters is 1. The van der Waals surface area contributed by atoms with Crippen LogP contribution in [0.5, 0.6) is 0 Å². The zero-order valence-corrected chi connectivity index (χ0v) is 16.7. The number of carbonyl (C=O) groups is 2. The summed E-state index contributed by atoms with van der Waals surface area (Å²) in [5.41, 5.74) is 1.13. The number of ether oxygens (including phenoxy) is 1. The monoisotopic (exact) mass is 381 g/mol. The summed E-state index contributed by atoms with van der Waals surface area (Å²) in [6, 6.07) is 9.45. The number of thioether (sulfide) groups is 2.